The molecule has 0 N–H and O–H groups in total. The second-order valence-corrected chi connectivity index (χ2v) is 12.2. The molecule has 0 fully saturated rings. The minimum atomic E-state index is -1.44. The Morgan fingerprint density at radius 3 is 2.50 bits per heavy atom. The molecule has 0 nitrogen and oxygen atoms in total. The predicted octanol–water partition coefficient (Wildman–Crippen LogP) is 5.24. The maximum Gasteiger partial charge on any atom is 0.138 e. The van der Waals surface area contributed by atoms with E-state index in [4.69, 9.17) is 0 Å². The Hall–Kier alpha value is -0.743. The molecular weight excluding hydrogens is 232 g/mol. The summed E-state index contributed by atoms with van der Waals surface area (Å²) < 4.78 is 0. The minimum Gasteiger partial charge on any atom is -0.126 e. The van der Waals surface area contributed by atoms with Crippen LogP contribution in [0.25, 0.3) is 0 Å². The second-order valence-electron chi connectivity index (χ2n) is 7.20. The molecule has 0 aliphatic heterocycles. The van der Waals surface area contributed by atoms with Crippen LogP contribution in [0.15, 0.2) is 22.8 Å². The zero-order chi connectivity index (χ0) is 13.4. The number of rotatable bonds is 0. The Balaban J connectivity index is 2.26. The van der Waals surface area contributed by atoms with Gasteiger partial charge < -0.3 is 0 Å². The maximum absolute atomic E-state index is 3.68. The van der Waals surface area contributed by atoms with Gasteiger partial charge in [-0.1, -0.05) is 45.9 Å². The van der Waals surface area contributed by atoms with Gasteiger partial charge in [-0.2, -0.15) is 0 Å². The van der Waals surface area contributed by atoms with Crippen LogP contribution in [0, 0.1) is 11.5 Å². The van der Waals surface area contributed by atoms with Crippen molar-refractivity contribution in [1.29, 1.82) is 0 Å². The zero-order valence-corrected chi connectivity index (χ0v) is 13.6. The normalized spacial score (nSPS) is 20.2. The lowest BCUT2D eigenvalue weighted by atomic mass is 9.95. The molecule has 0 saturated heterocycles. The summed E-state index contributed by atoms with van der Waals surface area (Å²) in [5.41, 5.74) is 8.36. The average Bonchev–Trinajstić information content (AvgIpc) is 2.68. The van der Waals surface area contributed by atoms with Crippen molar-refractivity contribution >= 4 is 8.07 Å². The third-order valence-electron chi connectivity index (χ3n) is 4.82. The van der Waals surface area contributed by atoms with Gasteiger partial charge in [0, 0.05) is 5.57 Å². The quantitative estimate of drug-likeness (QED) is 0.412. The van der Waals surface area contributed by atoms with Crippen molar-refractivity contribution in [2.24, 2.45) is 0 Å². The topological polar surface area (TPSA) is 0 Å². The summed E-state index contributed by atoms with van der Waals surface area (Å²) in [5.74, 6) is 3.58. The van der Waals surface area contributed by atoms with Gasteiger partial charge in [-0.15, -0.1) is 5.54 Å². The fourth-order valence-electron chi connectivity index (χ4n) is 2.40. The zero-order valence-electron chi connectivity index (χ0n) is 12.6. The standard InChI is InChI=1S/C17H26Si/c1-17(2,3)18(4,5)13-12-15-11-10-14-8-6-7-9-16(14)15/h8H,6-7,9-11H2,1-5H3. The largest absolute Gasteiger partial charge is 0.138 e. The van der Waals surface area contributed by atoms with Gasteiger partial charge in [0.25, 0.3) is 0 Å². The van der Waals surface area contributed by atoms with Gasteiger partial charge in [0.15, 0.2) is 0 Å². The van der Waals surface area contributed by atoms with Crippen molar-refractivity contribution in [3.63, 3.8) is 0 Å². The summed E-state index contributed by atoms with van der Waals surface area (Å²) in [7, 11) is -1.44. The van der Waals surface area contributed by atoms with E-state index in [9.17, 15) is 0 Å². The molecule has 2 aliphatic rings. The van der Waals surface area contributed by atoms with Crippen molar-refractivity contribution in [2.75, 3.05) is 0 Å². The molecule has 0 radical (unpaired) electrons. The molecule has 2 rings (SSSR count). The number of fused-ring (bicyclic) bond motifs is 1. The van der Waals surface area contributed by atoms with Gasteiger partial charge in [0.05, 0.1) is 0 Å². The molecular formula is C17H26Si. The molecule has 18 heavy (non-hydrogen) atoms. The van der Waals surface area contributed by atoms with Gasteiger partial charge in [-0.3, -0.25) is 0 Å². The molecule has 2 aliphatic carbocycles. The summed E-state index contributed by atoms with van der Waals surface area (Å²) in [6.07, 6.45) is 8.76. The van der Waals surface area contributed by atoms with Gasteiger partial charge in [-0.05, 0) is 48.3 Å². The SMILES string of the molecule is CC(C)(C)[Si](C)(C)C#CC1=C2CCCC=C2CC1. The van der Waals surface area contributed by atoms with Crippen molar-refractivity contribution < 1.29 is 0 Å². The first-order valence-electron chi connectivity index (χ1n) is 7.26. The van der Waals surface area contributed by atoms with Crippen molar-refractivity contribution in [3.05, 3.63) is 22.8 Å². The van der Waals surface area contributed by atoms with Crippen LogP contribution >= 0.6 is 0 Å². The smallest absolute Gasteiger partial charge is 0.126 e. The van der Waals surface area contributed by atoms with Crippen LogP contribution in [0.1, 0.15) is 52.9 Å². The Morgan fingerprint density at radius 2 is 1.83 bits per heavy atom. The molecule has 0 aromatic rings. The Kier molecular flexibility index (Phi) is 3.60. The lowest BCUT2D eigenvalue weighted by Crippen LogP contribution is -2.35. The lowest BCUT2D eigenvalue weighted by molar-refractivity contribution is 0.731. The van der Waals surface area contributed by atoms with Crippen molar-refractivity contribution in [2.45, 2.75) is 71.0 Å². The predicted molar refractivity (Wildman–Crippen MR) is 83.2 cm³/mol. The Labute approximate surface area is 114 Å². The highest BCUT2D eigenvalue weighted by atomic mass is 28.3. The highest BCUT2D eigenvalue weighted by molar-refractivity contribution is 6.87. The van der Waals surface area contributed by atoms with E-state index >= 15 is 0 Å². The fourth-order valence-corrected chi connectivity index (χ4v) is 3.24. The van der Waals surface area contributed by atoms with Crippen LogP contribution in [0.5, 0.6) is 0 Å². The summed E-state index contributed by atoms with van der Waals surface area (Å²) in [6.45, 7) is 11.8. The van der Waals surface area contributed by atoms with Gasteiger partial charge in [0.2, 0.25) is 0 Å². The van der Waals surface area contributed by atoms with Crippen LogP contribution in [-0.4, -0.2) is 8.07 Å². The number of allylic oxidation sites excluding steroid dienone is 4. The molecule has 0 bridgehead atoms. The lowest BCUT2D eigenvalue weighted by Gasteiger charge is -2.31. The van der Waals surface area contributed by atoms with E-state index in [2.05, 4.69) is 51.4 Å². The van der Waals surface area contributed by atoms with Crippen LogP contribution in [0.4, 0.5) is 0 Å². The molecule has 98 valence electrons. The highest BCUT2D eigenvalue weighted by Crippen LogP contribution is 2.39. The maximum atomic E-state index is 3.68. The second kappa shape index (κ2) is 4.74. The van der Waals surface area contributed by atoms with E-state index in [1.165, 1.54) is 37.7 Å². The van der Waals surface area contributed by atoms with Gasteiger partial charge >= 0.3 is 0 Å². The first-order valence-corrected chi connectivity index (χ1v) is 10.3. The third-order valence-corrected chi connectivity index (χ3v) is 9.32. The van der Waals surface area contributed by atoms with Crippen molar-refractivity contribution in [3.8, 4) is 11.5 Å². The molecule has 1 heteroatoms. The van der Waals surface area contributed by atoms with Gasteiger partial charge in [-0.25, -0.2) is 0 Å². The summed E-state index contributed by atoms with van der Waals surface area (Å²) in [6, 6.07) is 0. The summed E-state index contributed by atoms with van der Waals surface area (Å²) in [5, 5.41) is 0.370. The fraction of sp³-hybridized carbons (Fsp3) is 0.647. The summed E-state index contributed by atoms with van der Waals surface area (Å²) >= 11 is 0. The van der Waals surface area contributed by atoms with Crippen molar-refractivity contribution in [1.82, 2.24) is 0 Å². The molecule has 0 heterocycles. The molecule has 0 amide bonds. The van der Waals surface area contributed by atoms with Gasteiger partial charge in [0.1, 0.15) is 8.07 Å². The number of hydrogen-bond acceptors (Lipinski definition) is 0. The number of hydrogen-bond donors (Lipinski definition) is 0. The monoisotopic (exact) mass is 258 g/mol. The van der Waals surface area contributed by atoms with Crippen LogP contribution in [0.3, 0.4) is 0 Å². The third kappa shape index (κ3) is 2.64. The van der Waals surface area contributed by atoms with Crippen LogP contribution in [0.2, 0.25) is 18.1 Å². The minimum absolute atomic E-state index is 0.370. The molecule has 0 spiro atoms. The van der Waals surface area contributed by atoms with E-state index in [0.717, 1.165) is 0 Å². The Morgan fingerprint density at radius 1 is 1.11 bits per heavy atom. The van der Waals surface area contributed by atoms with E-state index in [-0.39, 0.29) is 0 Å². The first-order chi connectivity index (χ1) is 8.31. The Bertz CT molecular complexity index is 458. The van der Waals surface area contributed by atoms with Crippen LogP contribution < -0.4 is 0 Å². The molecule has 0 saturated carbocycles. The molecule has 0 aromatic heterocycles. The molecule has 0 aromatic carbocycles. The molecule has 0 unspecified atom stereocenters. The van der Waals surface area contributed by atoms with E-state index in [0.29, 0.717) is 5.04 Å². The molecule has 0 atom stereocenters. The van der Waals surface area contributed by atoms with E-state index in [1.807, 2.05) is 0 Å². The first kappa shape index (κ1) is 13.7. The average molecular weight is 258 g/mol. The van der Waals surface area contributed by atoms with E-state index in [1.54, 1.807) is 11.1 Å². The highest BCUT2D eigenvalue weighted by Gasteiger charge is 2.33. The van der Waals surface area contributed by atoms with E-state index < -0.39 is 8.07 Å². The summed E-state index contributed by atoms with van der Waals surface area (Å²) in [4.78, 5) is 0. The van der Waals surface area contributed by atoms with Crippen LogP contribution in [-0.2, 0) is 0 Å².